The summed E-state index contributed by atoms with van der Waals surface area (Å²) >= 11 is 1.35. The minimum Gasteiger partial charge on any atom is -0.484 e. The maximum Gasteiger partial charge on any atom is 0.197 e. The molecule has 18 heavy (non-hydrogen) atoms. The van der Waals surface area contributed by atoms with Crippen molar-refractivity contribution in [3.8, 4) is 5.75 Å². The Balaban J connectivity index is 1.96. The molecule has 1 aromatic rings. The first kappa shape index (κ1) is 13.4. The first-order chi connectivity index (χ1) is 8.58. The van der Waals surface area contributed by atoms with Crippen molar-refractivity contribution in [1.29, 1.82) is 0 Å². The van der Waals surface area contributed by atoms with Crippen LogP contribution in [0.5, 0.6) is 5.75 Å². The van der Waals surface area contributed by atoms with Crippen molar-refractivity contribution in [2.24, 2.45) is 5.92 Å². The molecule has 0 bridgehead atoms. The number of rotatable bonds is 5. The van der Waals surface area contributed by atoms with Gasteiger partial charge in [-0.05, 0) is 38.7 Å². The first-order valence-corrected chi connectivity index (χ1v) is 7.12. The highest BCUT2D eigenvalue weighted by atomic mass is 32.1. The number of nitrogens with zero attached hydrogens (tertiary/aromatic N) is 1. The third kappa shape index (κ3) is 3.05. The largest absolute Gasteiger partial charge is 0.484 e. The summed E-state index contributed by atoms with van der Waals surface area (Å²) in [5, 5.41) is 4.30. The maximum atomic E-state index is 5.81. The molecule has 2 atom stereocenters. The van der Waals surface area contributed by atoms with Crippen LogP contribution < -0.4 is 15.8 Å². The topological polar surface area (TPSA) is 69.4 Å². The van der Waals surface area contributed by atoms with Gasteiger partial charge in [-0.3, -0.25) is 0 Å². The molecule has 0 aromatic carbocycles. The Morgan fingerprint density at radius 1 is 1.61 bits per heavy atom. The van der Waals surface area contributed by atoms with E-state index in [0.717, 1.165) is 24.6 Å². The Kier molecular flexibility index (Phi) is 4.29. The highest BCUT2D eigenvalue weighted by Crippen LogP contribution is 2.36. The summed E-state index contributed by atoms with van der Waals surface area (Å²) in [6.07, 6.45) is 1.51. The highest BCUT2D eigenvalue weighted by molar-refractivity contribution is 7.11. The molecule has 1 aliphatic heterocycles. The van der Waals surface area contributed by atoms with Gasteiger partial charge in [0.25, 0.3) is 0 Å². The third-order valence-corrected chi connectivity index (χ3v) is 3.89. The van der Waals surface area contributed by atoms with Crippen LogP contribution in [-0.4, -0.2) is 29.7 Å². The van der Waals surface area contributed by atoms with Crippen molar-refractivity contribution < 1.29 is 9.47 Å². The molecule has 0 radical (unpaired) electrons. The Morgan fingerprint density at radius 3 is 3.00 bits per heavy atom. The van der Waals surface area contributed by atoms with Crippen LogP contribution in [0.25, 0.3) is 0 Å². The van der Waals surface area contributed by atoms with Gasteiger partial charge >= 0.3 is 0 Å². The van der Waals surface area contributed by atoms with Crippen LogP contribution in [0.1, 0.15) is 27.2 Å². The minimum atomic E-state index is 0.0954. The third-order valence-electron chi connectivity index (χ3n) is 3.09. The molecule has 1 aromatic heterocycles. The van der Waals surface area contributed by atoms with Crippen LogP contribution >= 0.6 is 11.5 Å². The van der Waals surface area contributed by atoms with E-state index >= 15 is 0 Å². The number of hydrogen-bond donors (Lipinski definition) is 2. The summed E-state index contributed by atoms with van der Waals surface area (Å²) in [5.74, 6) is 1.69. The van der Waals surface area contributed by atoms with Crippen molar-refractivity contribution >= 4 is 22.4 Å². The van der Waals surface area contributed by atoms with E-state index in [1.807, 2.05) is 13.8 Å². The van der Waals surface area contributed by atoms with Gasteiger partial charge < -0.3 is 20.5 Å². The summed E-state index contributed by atoms with van der Waals surface area (Å²) < 4.78 is 15.4. The SMILES string of the molecule is CC(C)Oc1c(N)nsc1NCC1CCOC1C. The molecular formula is C12H21N3O2S. The zero-order valence-corrected chi connectivity index (χ0v) is 11.9. The van der Waals surface area contributed by atoms with Gasteiger partial charge in [-0.2, -0.15) is 4.37 Å². The maximum absolute atomic E-state index is 5.81. The van der Waals surface area contributed by atoms with Gasteiger partial charge in [-0.25, -0.2) is 0 Å². The van der Waals surface area contributed by atoms with Gasteiger partial charge in [0, 0.05) is 19.1 Å². The van der Waals surface area contributed by atoms with E-state index in [-0.39, 0.29) is 6.10 Å². The van der Waals surface area contributed by atoms with Gasteiger partial charge in [-0.15, -0.1) is 0 Å². The number of nitrogens with two attached hydrogens (primary N) is 1. The van der Waals surface area contributed by atoms with E-state index < -0.39 is 0 Å². The monoisotopic (exact) mass is 271 g/mol. The molecule has 0 aliphatic carbocycles. The van der Waals surface area contributed by atoms with Gasteiger partial charge in [0.05, 0.1) is 12.2 Å². The molecule has 1 aliphatic rings. The molecule has 1 saturated heterocycles. The van der Waals surface area contributed by atoms with Gasteiger partial charge in [0.2, 0.25) is 0 Å². The zero-order valence-electron chi connectivity index (χ0n) is 11.1. The minimum absolute atomic E-state index is 0.0954. The fourth-order valence-corrected chi connectivity index (χ4v) is 2.68. The fraction of sp³-hybridized carbons (Fsp3) is 0.750. The molecule has 6 heteroatoms. The second-order valence-corrected chi connectivity index (χ2v) is 5.67. The van der Waals surface area contributed by atoms with Crippen molar-refractivity contribution in [3.05, 3.63) is 0 Å². The number of hydrogen-bond acceptors (Lipinski definition) is 6. The lowest BCUT2D eigenvalue weighted by Crippen LogP contribution is -2.20. The highest BCUT2D eigenvalue weighted by Gasteiger charge is 2.25. The molecule has 1 fully saturated rings. The van der Waals surface area contributed by atoms with E-state index in [2.05, 4.69) is 16.6 Å². The molecule has 0 spiro atoms. The molecule has 2 unspecified atom stereocenters. The standard InChI is InChI=1S/C12H21N3O2S/c1-7(2)17-10-11(13)15-18-12(10)14-6-9-4-5-16-8(9)3/h7-9,14H,4-6H2,1-3H3,(H2,13,15). The summed E-state index contributed by atoms with van der Waals surface area (Å²) in [6, 6.07) is 0. The molecule has 3 N–H and O–H groups in total. The predicted molar refractivity (Wildman–Crippen MR) is 74.3 cm³/mol. The predicted octanol–water partition coefficient (Wildman–Crippen LogP) is 2.35. The van der Waals surface area contributed by atoms with Gasteiger partial charge in [-0.1, -0.05) is 0 Å². The van der Waals surface area contributed by atoms with Crippen LogP contribution in [0.15, 0.2) is 0 Å². The Bertz CT molecular complexity index is 395. The lowest BCUT2D eigenvalue weighted by atomic mass is 10.0. The van der Waals surface area contributed by atoms with Crippen molar-refractivity contribution in [1.82, 2.24) is 4.37 Å². The van der Waals surface area contributed by atoms with Crippen LogP contribution in [0.3, 0.4) is 0 Å². The van der Waals surface area contributed by atoms with Gasteiger partial charge in [0.1, 0.15) is 0 Å². The van der Waals surface area contributed by atoms with Crippen molar-refractivity contribution in [3.63, 3.8) is 0 Å². The number of nitrogens with one attached hydrogen (secondary N) is 1. The lowest BCUT2D eigenvalue weighted by Gasteiger charge is -2.16. The molecule has 0 saturated carbocycles. The number of anilines is 2. The van der Waals surface area contributed by atoms with E-state index in [1.165, 1.54) is 11.5 Å². The molecule has 2 rings (SSSR count). The summed E-state index contributed by atoms with van der Waals surface area (Å²) in [7, 11) is 0. The van der Waals surface area contributed by atoms with Crippen molar-refractivity contribution in [2.45, 2.75) is 39.4 Å². The average Bonchev–Trinajstić information content (AvgIpc) is 2.85. The van der Waals surface area contributed by atoms with Crippen LogP contribution in [-0.2, 0) is 4.74 Å². The quantitative estimate of drug-likeness (QED) is 0.860. The number of aromatic nitrogens is 1. The molecule has 2 heterocycles. The van der Waals surface area contributed by atoms with Crippen molar-refractivity contribution in [2.75, 3.05) is 24.2 Å². The van der Waals surface area contributed by atoms with Crippen LogP contribution in [0, 0.1) is 5.92 Å². The summed E-state index contributed by atoms with van der Waals surface area (Å²) in [6.45, 7) is 7.80. The van der Waals surface area contributed by atoms with Gasteiger partial charge in [0.15, 0.2) is 16.6 Å². The smallest absolute Gasteiger partial charge is 0.197 e. The molecule has 5 nitrogen and oxygen atoms in total. The van der Waals surface area contributed by atoms with E-state index in [0.29, 0.717) is 23.6 Å². The van der Waals surface area contributed by atoms with E-state index in [4.69, 9.17) is 15.2 Å². The average molecular weight is 271 g/mol. The molecular weight excluding hydrogens is 250 g/mol. The van der Waals surface area contributed by atoms with Crippen LogP contribution in [0.4, 0.5) is 10.8 Å². The van der Waals surface area contributed by atoms with E-state index in [1.54, 1.807) is 0 Å². The second kappa shape index (κ2) is 5.75. The Labute approximate surface area is 112 Å². The number of nitrogen functional groups attached to an aromatic ring is 1. The summed E-state index contributed by atoms with van der Waals surface area (Å²) in [5.41, 5.74) is 5.81. The normalized spacial score (nSPS) is 23.6. The molecule has 0 amide bonds. The first-order valence-electron chi connectivity index (χ1n) is 6.35. The van der Waals surface area contributed by atoms with Crippen LogP contribution in [0.2, 0.25) is 0 Å². The molecule has 102 valence electrons. The zero-order chi connectivity index (χ0) is 13.1. The Hall–Kier alpha value is -1.01. The summed E-state index contributed by atoms with van der Waals surface area (Å²) in [4.78, 5) is 0. The second-order valence-electron chi connectivity index (χ2n) is 4.90. The lowest BCUT2D eigenvalue weighted by molar-refractivity contribution is 0.108. The fourth-order valence-electron chi connectivity index (χ4n) is 2.02. The van der Waals surface area contributed by atoms with E-state index in [9.17, 15) is 0 Å². The number of ether oxygens (including phenoxy) is 2. The Morgan fingerprint density at radius 2 is 2.39 bits per heavy atom.